The zero-order valence-corrected chi connectivity index (χ0v) is 10.8. The van der Waals surface area contributed by atoms with Crippen molar-refractivity contribution in [1.29, 1.82) is 0 Å². The molecule has 2 aliphatic rings. The Balaban J connectivity index is 1.48. The van der Waals surface area contributed by atoms with Crippen molar-refractivity contribution in [3.05, 3.63) is 59.7 Å². The monoisotopic (exact) mass is 252 g/mol. The first kappa shape index (κ1) is 10.9. The molecule has 2 aromatic rings. The minimum atomic E-state index is 0.153. The highest BCUT2D eigenvalue weighted by Gasteiger charge is 2.49. The molecule has 2 heteroatoms. The molecule has 2 nitrogen and oxygen atoms in total. The van der Waals surface area contributed by atoms with Crippen LogP contribution in [0.3, 0.4) is 0 Å². The van der Waals surface area contributed by atoms with Gasteiger partial charge in [-0.25, -0.2) is 0 Å². The Morgan fingerprint density at radius 1 is 1.05 bits per heavy atom. The van der Waals surface area contributed by atoms with Gasteiger partial charge in [-0.15, -0.1) is 0 Å². The quantitative estimate of drug-likeness (QED) is 0.828. The van der Waals surface area contributed by atoms with Crippen LogP contribution in [0, 0.1) is 0 Å². The maximum absolute atomic E-state index is 6.02. The molecule has 0 radical (unpaired) electrons. The summed E-state index contributed by atoms with van der Waals surface area (Å²) in [4.78, 5) is 0. The van der Waals surface area contributed by atoms with Crippen LogP contribution in [0.4, 0.5) is 0 Å². The largest absolute Gasteiger partial charge is 0.489 e. The number of hydrogen-bond acceptors (Lipinski definition) is 2. The van der Waals surface area contributed by atoms with E-state index >= 15 is 0 Å². The summed E-state index contributed by atoms with van der Waals surface area (Å²) in [5, 5.41) is 0. The van der Waals surface area contributed by atoms with Gasteiger partial charge in [-0.1, -0.05) is 36.4 Å². The van der Waals surface area contributed by atoms with Crippen molar-refractivity contribution in [1.82, 2.24) is 0 Å². The molecule has 1 spiro atoms. The summed E-state index contributed by atoms with van der Waals surface area (Å²) in [5.74, 6) is 1.91. The van der Waals surface area contributed by atoms with Crippen LogP contribution in [0.1, 0.15) is 24.0 Å². The summed E-state index contributed by atoms with van der Waals surface area (Å²) in [6.45, 7) is 0.602. The average Bonchev–Trinajstić information content (AvgIpc) is 3.08. The van der Waals surface area contributed by atoms with E-state index in [4.69, 9.17) is 9.47 Å². The van der Waals surface area contributed by atoms with Gasteiger partial charge in [0.25, 0.3) is 0 Å². The van der Waals surface area contributed by atoms with Gasteiger partial charge in [0.1, 0.15) is 23.7 Å². The van der Waals surface area contributed by atoms with Crippen LogP contribution in [0.15, 0.2) is 48.5 Å². The van der Waals surface area contributed by atoms with Crippen LogP contribution in [0.2, 0.25) is 0 Å². The molecule has 0 N–H and O–H groups in total. The molecule has 0 amide bonds. The van der Waals surface area contributed by atoms with Crippen molar-refractivity contribution < 1.29 is 9.47 Å². The third-order valence-electron chi connectivity index (χ3n) is 3.93. The van der Waals surface area contributed by atoms with E-state index in [0.717, 1.165) is 17.9 Å². The number of hydrogen-bond donors (Lipinski definition) is 0. The number of benzene rings is 2. The van der Waals surface area contributed by atoms with Gasteiger partial charge in [-0.3, -0.25) is 0 Å². The fourth-order valence-electron chi connectivity index (χ4n) is 2.64. The maximum Gasteiger partial charge on any atom is 0.127 e. The summed E-state index contributed by atoms with van der Waals surface area (Å²) >= 11 is 0. The normalized spacial score (nSPS) is 17.9. The van der Waals surface area contributed by atoms with Gasteiger partial charge in [0.15, 0.2) is 0 Å². The molecular weight excluding hydrogens is 236 g/mol. The predicted octanol–water partition coefficient (Wildman–Crippen LogP) is 3.73. The number of ether oxygens (including phenoxy) is 2. The second kappa shape index (κ2) is 4.02. The van der Waals surface area contributed by atoms with E-state index in [9.17, 15) is 0 Å². The minimum Gasteiger partial charge on any atom is -0.489 e. The molecule has 0 saturated heterocycles. The van der Waals surface area contributed by atoms with E-state index in [-0.39, 0.29) is 5.60 Å². The van der Waals surface area contributed by atoms with E-state index in [1.54, 1.807) is 0 Å². The van der Waals surface area contributed by atoms with Crippen molar-refractivity contribution in [2.24, 2.45) is 0 Å². The van der Waals surface area contributed by atoms with E-state index in [0.29, 0.717) is 6.61 Å². The zero-order chi connectivity index (χ0) is 12.7. The van der Waals surface area contributed by atoms with Gasteiger partial charge >= 0.3 is 0 Å². The zero-order valence-electron chi connectivity index (χ0n) is 10.8. The Hall–Kier alpha value is -1.96. The molecule has 1 aliphatic heterocycles. The molecule has 2 aromatic carbocycles. The van der Waals surface area contributed by atoms with Crippen LogP contribution in [0.5, 0.6) is 11.5 Å². The third-order valence-corrected chi connectivity index (χ3v) is 3.93. The fourth-order valence-corrected chi connectivity index (χ4v) is 2.64. The van der Waals surface area contributed by atoms with Crippen LogP contribution < -0.4 is 9.47 Å². The molecule has 4 rings (SSSR count). The summed E-state index contributed by atoms with van der Waals surface area (Å²) in [5.41, 5.74) is 2.66. The molecule has 1 heterocycles. The maximum atomic E-state index is 6.02. The summed E-state index contributed by atoms with van der Waals surface area (Å²) in [6.07, 6.45) is 3.46. The van der Waals surface area contributed by atoms with Crippen molar-refractivity contribution >= 4 is 0 Å². The molecule has 0 bridgehead atoms. The molecule has 19 heavy (non-hydrogen) atoms. The molecule has 1 fully saturated rings. The van der Waals surface area contributed by atoms with E-state index in [2.05, 4.69) is 18.2 Å². The highest BCUT2D eigenvalue weighted by Crippen LogP contribution is 2.50. The SMILES string of the molecule is c1ccc(COc2ccc3c(c2)OC2(CC2)C3)cc1. The predicted molar refractivity (Wildman–Crippen MR) is 73.5 cm³/mol. The average molecular weight is 252 g/mol. The number of fused-ring (bicyclic) bond motifs is 1. The molecule has 1 saturated carbocycles. The Morgan fingerprint density at radius 3 is 2.68 bits per heavy atom. The highest BCUT2D eigenvalue weighted by atomic mass is 16.5. The molecule has 1 aliphatic carbocycles. The molecular formula is C17H16O2. The lowest BCUT2D eigenvalue weighted by Gasteiger charge is -2.09. The Morgan fingerprint density at radius 2 is 1.89 bits per heavy atom. The van der Waals surface area contributed by atoms with E-state index in [1.165, 1.54) is 24.0 Å². The summed E-state index contributed by atoms with van der Waals surface area (Å²) in [7, 11) is 0. The Bertz CT molecular complexity index is 600. The van der Waals surface area contributed by atoms with E-state index in [1.807, 2.05) is 30.3 Å². The second-order valence-electron chi connectivity index (χ2n) is 5.51. The van der Waals surface area contributed by atoms with Gasteiger partial charge in [0.2, 0.25) is 0 Å². The van der Waals surface area contributed by atoms with Gasteiger partial charge in [0.05, 0.1) is 0 Å². The van der Waals surface area contributed by atoms with Crippen molar-refractivity contribution in [2.75, 3.05) is 0 Å². The lowest BCUT2D eigenvalue weighted by atomic mass is 10.1. The highest BCUT2D eigenvalue weighted by molar-refractivity contribution is 5.46. The van der Waals surface area contributed by atoms with Crippen LogP contribution in [0.25, 0.3) is 0 Å². The van der Waals surface area contributed by atoms with Gasteiger partial charge in [-0.05, 0) is 30.0 Å². The molecule has 0 aromatic heterocycles. The van der Waals surface area contributed by atoms with Gasteiger partial charge in [0, 0.05) is 12.5 Å². The van der Waals surface area contributed by atoms with Crippen LogP contribution in [-0.2, 0) is 13.0 Å². The standard InChI is InChI=1S/C17H16O2/c1-2-4-13(5-3-1)12-18-15-7-6-14-11-17(8-9-17)19-16(14)10-15/h1-7,10H,8-9,11-12H2. The summed E-state index contributed by atoms with van der Waals surface area (Å²) in [6, 6.07) is 16.4. The van der Waals surface area contributed by atoms with E-state index < -0.39 is 0 Å². The first-order valence-electron chi connectivity index (χ1n) is 6.82. The molecule has 96 valence electrons. The van der Waals surface area contributed by atoms with Crippen molar-refractivity contribution in [2.45, 2.75) is 31.5 Å². The Kier molecular flexibility index (Phi) is 2.31. The first-order valence-corrected chi connectivity index (χ1v) is 6.82. The second-order valence-corrected chi connectivity index (χ2v) is 5.51. The van der Waals surface area contributed by atoms with Gasteiger partial charge in [-0.2, -0.15) is 0 Å². The molecule has 0 atom stereocenters. The van der Waals surface area contributed by atoms with Crippen molar-refractivity contribution in [3.63, 3.8) is 0 Å². The van der Waals surface area contributed by atoms with Crippen LogP contribution >= 0.6 is 0 Å². The minimum absolute atomic E-state index is 0.153. The smallest absolute Gasteiger partial charge is 0.127 e. The molecule has 0 unspecified atom stereocenters. The Labute approximate surface area is 113 Å². The summed E-state index contributed by atoms with van der Waals surface area (Å²) < 4.78 is 11.8. The number of rotatable bonds is 3. The topological polar surface area (TPSA) is 18.5 Å². The third kappa shape index (κ3) is 2.07. The lowest BCUT2D eigenvalue weighted by Crippen LogP contribution is -2.12. The van der Waals surface area contributed by atoms with Gasteiger partial charge < -0.3 is 9.47 Å². The fraction of sp³-hybridized carbons (Fsp3) is 0.294. The van der Waals surface area contributed by atoms with Crippen molar-refractivity contribution in [3.8, 4) is 11.5 Å². The first-order chi connectivity index (χ1) is 9.33. The lowest BCUT2D eigenvalue weighted by molar-refractivity contribution is 0.210. The van der Waals surface area contributed by atoms with Crippen LogP contribution in [-0.4, -0.2) is 5.60 Å².